The number of methoxy groups -OCH3 is 1. The molecule has 0 N–H and O–H groups in total. The highest BCUT2D eigenvalue weighted by atomic mass is 32.2. The zero-order valence-corrected chi connectivity index (χ0v) is 25.5. The first-order chi connectivity index (χ1) is 21.7. The Morgan fingerprint density at radius 3 is 2.26 bits per heavy atom. The number of hydrogen-bond donors (Lipinski definition) is 0. The largest absolute Gasteiger partial charge is 0.490 e. The maximum absolute atomic E-state index is 15.7. The minimum atomic E-state index is -4.98. The van der Waals surface area contributed by atoms with Crippen LogP contribution in [-0.4, -0.2) is 39.9 Å². The van der Waals surface area contributed by atoms with Gasteiger partial charge >= 0.3 is 12.1 Å². The number of ketones is 1. The monoisotopic (exact) mass is 663 g/mol. The summed E-state index contributed by atoms with van der Waals surface area (Å²) in [7, 11) is -3.74. The first-order valence-electron chi connectivity index (χ1n) is 14.7. The molecule has 3 aliphatic rings. The summed E-state index contributed by atoms with van der Waals surface area (Å²) in [5.74, 6) is -2.56. The highest BCUT2D eigenvalue weighted by Crippen LogP contribution is 2.62. The van der Waals surface area contributed by atoms with Gasteiger partial charge in [-0.05, 0) is 98.5 Å². The number of fused-ring (bicyclic) bond motifs is 2. The molecule has 3 aromatic rings. The number of hydrogen-bond acceptors (Lipinski definition) is 6. The lowest BCUT2D eigenvalue weighted by Gasteiger charge is -2.30. The predicted molar refractivity (Wildman–Crippen MR) is 156 cm³/mol. The lowest BCUT2D eigenvalue weighted by molar-refractivity contribution is -0.152. The Morgan fingerprint density at radius 2 is 1.61 bits per heavy atom. The molecule has 244 valence electrons. The number of nitrogens with zero attached hydrogens (tertiary/aromatic N) is 1. The number of alkyl halides is 3. The van der Waals surface area contributed by atoms with Gasteiger partial charge in [-0.3, -0.25) is 13.9 Å². The fourth-order valence-electron chi connectivity index (χ4n) is 6.70. The van der Waals surface area contributed by atoms with Crippen LogP contribution < -0.4 is 9.04 Å². The molecule has 0 spiro atoms. The van der Waals surface area contributed by atoms with E-state index in [0.29, 0.717) is 29.3 Å². The van der Waals surface area contributed by atoms with Gasteiger partial charge in [0.15, 0.2) is 5.78 Å². The second kappa shape index (κ2) is 11.4. The Bertz CT molecular complexity index is 1810. The van der Waals surface area contributed by atoms with Gasteiger partial charge < -0.3 is 9.47 Å². The molecule has 6 rings (SSSR count). The molecule has 3 aromatic carbocycles. The van der Waals surface area contributed by atoms with Gasteiger partial charge in [-0.1, -0.05) is 12.1 Å². The molecule has 13 heteroatoms. The summed E-state index contributed by atoms with van der Waals surface area (Å²) >= 11 is 0. The van der Waals surface area contributed by atoms with E-state index < -0.39 is 73.1 Å². The average Bonchev–Trinajstić information content (AvgIpc) is 3.62. The zero-order valence-electron chi connectivity index (χ0n) is 24.7. The van der Waals surface area contributed by atoms with Crippen LogP contribution in [0.2, 0.25) is 0 Å². The van der Waals surface area contributed by atoms with E-state index in [9.17, 15) is 35.6 Å². The molecule has 0 aliphatic heterocycles. The van der Waals surface area contributed by atoms with E-state index in [1.807, 2.05) is 0 Å². The first-order valence-corrected chi connectivity index (χ1v) is 16.2. The van der Waals surface area contributed by atoms with Gasteiger partial charge in [-0.2, -0.15) is 13.2 Å². The van der Waals surface area contributed by atoms with Gasteiger partial charge in [-0.25, -0.2) is 17.2 Å². The van der Waals surface area contributed by atoms with E-state index in [4.69, 9.17) is 9.47 Å². The molecule has 3 aliphatic carbocycles. The fraction of sp³-hybridized carbons (Fsp3) is 0.394. The van der Waals surface area contributed by atoms with Crippen molar-refractivity contribution in [2.75, 3.05) is 18.0 Å². The standard InChI is InChI=1S/C33H30F5NO6S/c1-44-30(41)32-11-9-31(19-32,10-12-32)29(40)18-39(46(42,43)26-4-2-3-22(16-26)33(36,37)38)28-15-20(5-8-27(28)35)21-13-23(34)17-25(14-21)45-24-6-7-24/h2-5,8,13-17,24H,6-7,9-12,18-19H2,1H3. The smallest absolute Gasteiger partial charge is 0.416 e. The summed E-state index contributed by atoms with van der Waals surface area (Å²) in [5, 5.41) is 0. The van der Waals surface area contributed by atoms with Gasteiger partial charge in [0.2, 0.25) is 0 Å². The molecule has 0 aromatic heterocycles. The molecule has 0 amide bonds. The highest BCUT2D eigenvalue weighted by molar-refractivity contribution is 7.92. The Labute approximate surface area is 262 Å². The molecular formula is C33H30F5NO6S. The SMILES string of the molecule is COC(=O)C12CCC(C(=O)CN(c3cc(-c4cc(F)cc(OC5CC5)c4)ccc3F)S(=O)(=O)c3cccc(C(F)(F)F)c3)(CC1)C2. The van der Waals surface area contributed by atoms with E-state index in [1.54, 1.807) is 0 Å². The van der Waals surface area contributed by atoms with Crippen molar-refractivity contribution in [3.05, 3.63) is 77.9 Å². The van der Waals surface area contributed by atoms with E-state index in [0.717, 1.165) is 43.2 Å². The minimum Gasteiger partial charge on any atom is -0.490 e. The van der Waals surface area contributed by atoms with Crippen LogP contribution in [0, 0.1) is 22.5 Å². The molecule has 3 saturated carbocycles. The van der Waals surface area contributed by atoms with Crippen LogP contribution in [0.1, 0.15) is 50.5 Å². The summed E-state index contributed by atoms with van der Waals surface area (Å²) in [6.45, 7) is -0.907. The lowest BCUT2D eigenvalue weighted by atomic mass is 9.79. The predicted octanol–water partition coefficient (Wildman–Crippen LogP) is 7.08. The number of Topliss-reactive ketones (excluding diaryl/α,β-unsaturated/α-hetero) is 1. The first kappa shape index (κ1) is 32.0. The second-order valence-electron chi connectivity index (χ2n) is 12.3. The number of rotatable bonds is 10. The van der Waals surface area contributed by atoms with Crippen molar-refractivity contribution in [3.63, 3.8) is 0 Å². The Balaban J connectivity index is 1.43. The summed E-state index contributed by atoms with van der Waals surface area (Å²) < 4.78 is 110. The fourth-order valence-corrected chi connectivity index (χ4v) is 8.16. The number of ether oxygens (including phenoxy) is 2. The van der Waals surface area contributed by atoms with Crippen molar-refractivity contribution >= 4 is 27.5 Å². The Kier molecular flexibility index (Phi) is 7.89. The van der Waals surface area contributed by atoms with Gasteiger partial charge in [0, 0.05) is 11.5 Å². The van der Waals surface area contributed by atoms with Crippen molar-refractivity contribution in [2.45, 2.75) is 62.1 Å². The molecule has 2 bridgehead atoms. The Morgan fingerprint density at radius 1 is 0.913 bits per heavy atom. The molecule has 0 saturated heterocycles. The van der Waals surface area contributed by atoms with E-state index >= 15 is 4.39 Å². The molecular weight excluding hydrogens is 633 g/mol. The van der Waals surface area contributed by atoms with E-state index in [2.05, 4.69) is 0 Å². The molecule has 3 fully saturated rings. The van der Waals surface area contributed by atoms with Gasteiger partial charge in [-0.15, -0.1) is 0 Å². The second-order valence-corrected chi connectivity index (χ2v) is 14.2. The van der Waals surface area contributed by atoms with Gasteiger partial charge in [0.05, 0.1) is 41.3 Å². The highest BCUT2D eigenvalue weighted by Gasteiger charge is 2.61. The Hall–Kier alpha value is -4.00. The van der Waals surface area contributed by atoms with Crippen LogP contribution in [0.5, 0.6) is 5.75 Å². The maximum atomic E-state index is 15.7. The van der Waals surface area contributed by atoms with Crippen molar-refractivity contribution < 1.29 is 49.4 Å². The third kappa shape index (κ3) is 5.85. The maximum Gasteiger partial charge on any atom is 0.416 e. The molecule has 0 atom stereocenters. The van der Waals surface area contributed by atoms with Crippen LogP contribution in [-0.2, 0) is 30.5 Å². The van der Waals surface area contributed by atoms with E-state index in [-0.39, 0.29) is 42.2 Å². The van der Waals surface area contributed by atoms with Crippen molar-refractivity contribution in [2.24, 2.45) is 10.8 Å². The van der Waals surface area contributed by atoms with Crippen LogP contribution in [0.3, 0.4) is 0 Å². The van der Waals surface area contributed by atoms with Crippen LogP contribution in [0.25, 0.3) is 11.1 Å². The number of halogens is 5. The number of carbonyl (C=O) groups excluding carboxylic acids is 2. The summed E-state index contributed by atoms with van der Waals surface area (Å²) in [6.07, 6.45) is -1.95. The van der Waals surface area contributed by atoms with Crippen LogP contribution >= 0.6 is 0 Å². The third-order valence-corrected chi connectivity index (χ3v) is 11.1. The topological polar surface area (TPSA) is 90.0 Å². The zero-order chi connectivity index (χ0) is 33.1. The molecule has 7 nitrogen and oxygen atoms in total. The number of anilines is 1. The number of carbonyl (C=O) groups is 2. The molecule has 0 heterocycles. The third-order valence-electron chi connectivity index (χ3n) is 9.33. The van der Waals surface area contributed by atoms with Crippen molar-refractivity contribution in [1.29, 1.82) is 0 Å². The number of esters is 1. The van der Waals surface area contributed by atoms with Crippen LogP contribution in [0.4, 0.5) is 27.6 Å². The quantitative estimate of drug-likeness (QED) is 0.170. The van der Waals surface area contributed by atoms with E-state index in [1.165, 1.54) is 25.3 Å². The molecule has 0 radical (unpaired) electrons. The summed E-state index contributed by atoms with van der Waals surface area (Å²) in [6, 6.07) is 10.2. The number of sulfonamides is 1. The minimum absolute atomic E-state index is 0.0546. The number of benzene rings is 3. The average molecular weight is 664 g/mol. The van der Waals surface area contributed by atoms with Crippen molar-refractivity contribution in [1.82, 2.24) is 0 Å². The van der Waals surface area contributed by atoms with Crippen molar-refractivity contribution in [3.8, 4) is 16.9 Å². The normalized spacial score (nSPS) is 22.5. The molecule has 46 heavy (non-hydrogen) atoms. The van der Waals surface area contributed by atoms with Gasteiger partial charge in [0.1, 0.15) is 17.4 Å². The summed E-state index contributed by atoms with van der Waals surface area (Å²) in [4.78, 5) is 25.8. The molecule has 0 unspecified atom stereocenters. The van der Waals surface area contributed by atoms with Crippen LogP contribution in [0.15, 0.2) is 65.6 Å². The van der Waals surface area contributed by atoms with Gasteiger partial charge in [0.25, 0.3) is 10.0 Å². The summed E-state index contributed by atoms with van der Waals surface area (Å²) in [5.41, 5.74) is -3.43. The lowest BCUT2D eigenvalue weighted by Crippen LogP contribution is -2.42.